The summed E-state index contributed by atoms with van der Waals surface area (Å²) in [6.45, 7) is 0. The summed E-state index contributed by atoms with van der Waals surface area (Å²) in [6.07, 6.45) is 3.18. The molecule has 9 heteroatoms. The molecule has 1 aliphatic carbocycles. The first kappa shape index (κ1) is 15.9. The highest BCUT2D eigenvalue weighted by Gasteiger charge is 2.24. The molecule has 2 rings (SSSR count). The molecule has 0 aliphatic heterocycles. The molecule has 1 fully saturated rings. The van der Waals surface area contributed by atoms with E-state index in [9.17, 15) is 21.6 Å². The Morgan fingerprint density at radius 2 is 1.71 bits per heavy atom. The largest absolute Gasteiger partial charge is 0.459 e. The third kappa shape index (κ3) is 3.80. The van der Waals surface area contributed by atoms with Crippen molar-refractivity contribution in [2.75, 3.05) is 6.26 Å². The molecule has 1 aliphatic rings. The summed E-state index contributed by atoms with van der Waals surface area (Å²) in [5.74, 6) is -0.755. The van der Waals surface area contributed by atoms with Gasteiger partial charge in [-0.25, -0.2) is 26.8 Å². The average Bonchev–Trinajstić information content (AvgIpc) is 2.30. The molecule has 116 valence electrons. The second-order valence-electron chi connectivity index (χ2n) is 4.97. The summed E-state index contributed by atoms with van der Waals surface area (Å²) in [5.41, 5.74) is -0.145. The molecule has 1 saturated carbocycles. The van der Waals surface area contributed by atoms with Gasteiger partial charge in [0.2, 0.25) is 10.0 Å². The first-order chi connectivity index (χ1) is 9.57. The average molecular weight is 333 g/mol. The van der Waals surface area contributed by atoms with Crippen molar-refractivity contribution in [1.29, 1.82) is 0 Å². The summed E-state index contributed by atoms with van der Waals surface area (Å²) in [6, 6.07) is 3.03. The Balaban J connectivity index is 2.47. The van der Waals surface area contributed by atoms with E-state index in [1.807, 2.05) is 0 Å². The summed E-state index contributed by atoms with van der Waals surface area (Å²) in [7, 11) is -7.82. The Labute approximate surface area is 123 Å². The molecule has 0 bridgehead atoms. The maximum absolute atomic E-state index is 12.0. The van der Waals surface area contributed by atoms with Crippen molar-refractivity contribution >= 4 is 25.8 Å². The van der Waals surface area contributed by atoms with Crippen LogP contribution in [0.25, 0.3) is 0 Å². The molecule has 7 nitrogen and oxygen atoms in total. The lowest BCUT2D eigenvalue weighted by Crippen LogP contribution is -2.25. The smallest absolute Gasteiger partial charge is 0.338 e. The Bertz CT molecular complexity index is 728. The predicted octanol–water partition coefficient (Wildman–Crippen LogP) is 0.447. The Kier molecular flexibility index (Phi) is 4.09. The van der Waals surface area contributed by atoms with Gasteiger partial charge < -0.3 is 4.74 Å². The molecule has 0 atom stereocenters. The van der Waals surface area contributed by atoms with E-state index >= 15 is 0 Å². The van der Waals surface area contributed by atoms with Crippen molar-refractivity contribution in [1.82, 2.24) is 0 Å². The number of esters is 1. The van der Waals surface area contributed by atoms with E-state index in [1.165, 1.54) is 0 Å². The van der Waals surface area contributed by atoms with Crippen LogP contribution in [-0.2, 0) is 24.6 Å². The summed E-state index contributed by atoms with van der Waals surface area (Å²) in [5, 5.41) is 5.00. The zero-order valence-electron chi connectivity index (χ0n) is 11.3. The second-order valence-corrected chi connectivity index (χ2v) is 8.55. The maximum atomic E-state index is 12.0. The van der Waals surface area contributed by atoms with Gasteiger partial charge in [0.05, 0.1) is 15.4 Å². The summed E-state index contributed by atoms with van der Waals surface area (Å²) in [4.78, 5) is 11.2. The van der Waals surface area contributed by atoms with Crippen molar-refractivity contribution < 1.29 is 26.4 Å². The number of sulfone groups is 1. The van der Waals surface area contributed by atoms with Crippen LogP contribution in [0.5, 0.6) is 0 Å². The lowest BCUT2D eigenvalue weighted by atomic mass is 9.96. The number of hydrogen-bond acceptors (Lipinski definition) is 6. The van der Waals surface area contributed by atoms with Gasteiger partial charge in [0, 0.05) is 6.26 Å². The number of primary sulfonamides is 1. The summed E-state index contributed by atoms with van der Waals surface area (Å²) >= 11 is 0. The quantitative estimate of drug-likeness (QED) is 0.798. The molecular weight excluding hydrogens is 318 g/mol. The topological polar surface area (TPSA) is 121 Å². The molecule has 0 saturated heterocycles. The molecule has 1 aromatic carbocycles. The fourth-order valence-corrected chi connectivity index (χ4v) is 3.12. The van der Waals surface area contributed by atoms with Crippen molar-refractivity contribution in [3.8, 4) is 0 Å². The van der Waals surface area contributed by atoms with Gasteiger partial charge >= 0.3 is 5.97 Å². The highest BCUT2D eigenvalue weighted by Crippen LogP contribution is 2.25. The van der Waals surface area contributed by atoms with Gasteiger partial charge in [-0.3, -0.25) is 0 Å². The Morgan fingerprint density at radius 1 is 1.14 bits per heavy atom. The van der Waals surface area contributed by atoms with Gasteiger partial charge in [-0.15, -0.1) is 0 Å². The lowest BCUT2D eigenvalue weighted by molar-refractivity contribution is 0.00895. The number of hydrogen-bond donors (Lipinski definition) is 1. The van der Waals surface area contributed by atoms with Crippen molar-refractivity contribution in [3.05, 3.63) is 23.8 Å². The lowest BCUT2D eigenvalue weighted by Gasteiger charge is -2.25. The van der Waals surface area contributed by atoms with Gasteiger partial charge in [-0.05, 0) is 37.5 Å². The van der Waals surface area contributed by atoms with Gasteiger partial charge in [0.15, 0.2) is 9.84 Å². The minimum atomic E-state index is -4.13. The molecule has 0 heterocycles. The number of carbonyl (C=O) groups is 1. The van der Waals surface area contributed by atoms with Crippen LogP contribution >= 0.6 is 0 Å². The number of benzene rings is 1. The van der Waals surface area contributed by atoms with E-state index in [2.05, 4.69) is 0 Å². The van der Waals surface area contributed by atoms with Crippen LogP contribution in [-0.4, -0.2) is 35.2 Å². The monoisotopic (exact) mass is 333 g/mol. The molecule has 0 radical (unpaired) electrons. The van der Waals surface area contributed by atoms with Crippen LogP contribution in [0, 0.1) is 0 Å². The molecular formula is C12H15NO6S2. The van der Waals surface area contributed by atoms with E-state index in [0.29, 0.717) is 0 Å². The SMILES string of the molecule is CS(=O)(=O)c1cc(C(=O)OC2CCC2)cc(S(N)(=O)=O)c1. The van der Waals surface area contributed by atoms with Crippen LogP contribution in [0.3, 0.4) is 0 Å². The van der Waals surface area contributed by atoms with Crippen LogP contribution in [0.4, 0.5) is 0 Å². The van der Waals surface area contributed by atoms with E-state index < -0.39 is 30.7 Å². The zero-order valence-corrected chi connectivity index (χ0v) is 12.9. The van der Waals surface area contributed by atoms with E-state index in [4.69, 9.17) is 9.88 Å². The van der Waals surface area contributed by atoms with E-state index in [1.54, 1.807) is 0 Å². The molecule has 0 aromatic heterocycles. The molecule has 0 spiro atoms. The van der Waals surface area contributed by atoms with E-state index in [-0.39, 0.29) is 16.6 Å². The molecule has 2 N–H and O–H groups in total. The van der Waals surface area contributed by atoms with Crippen molar-refractivity contribution in [2.24, 2.45) is 5.14 Å². The minimum absolute atomic E-state index is 0.145. The fraction of sp³-hybridized carbons (Fsp3) is 0.417. The second kappa shape index (κ2) is 5.39. The third-order valence-electron chi connectivity index (χ3n) is 3.20. The number of sulfonamides is 1. The molecule has 0 unspecified atom stereocenters. The first-order valence-electron chi connectivity index (χ1n) is 6.16. The maximum Gasteiger partial charge on any atom is 0.338 e. The predicted molar refractivity (Wildman–Crippen MR) is 74.0 cm³/mol. The van der Waals surface area contributed by atoms with Crippen molar-refractivity contribution in [2.45, 2.75) is 35.2 Å². The number of nitrogens with two attached hydrogens (primary N) is 1. The zero-order chi connectivity index (χ0) is 15.8. The first-order valence-corrected chi connectivity index (χ1v) is 9.60. The van der Waals surface area contributed by atoms with Crippen molar-refractivity contribution in [3.63, 3.8) is 0 Å². The van der Waals surface area contributed by atoms with Gasteiger partial charge in [-0.2, -0.15) is 0 Å². The Morgan fingerprint density at radius 3 is 2.14 bits per heavy atom. The van der Waals surface area contributed by atoms with Crippen LogP contribution < -0.4 is 5.14 Å². The molecule has 1 aromatic rings. The van der Waals surface area contributed by atoms with Crippen LogP contribution in [0.2, 0.25) is 0 Å². The highest BCUT2D eigenvalue weighted by atomic mass is 32.2. The Hall–Kier alpha value is -1.45. The van der Waals surface area contributed by atoms with E-state index in [0.717, 1.165) is 43.7 Å². The molecule has 21 heavy (non-hydrogen) atoms. The van der Waals surface area contributed by atoms with Gasteiger partial charge in [-0.1, -0.05) is 0 Å². The summed E-state index contributed by atoms with van der Waals surface area (Å²) < 4.78 is 51.1. The van der Waals surface area contributed by atoms with Gasteiger partial charge in [0.1, 0.15) is 6.10 Å². The number of ether oxygens (including phenoxy) is 1. The normalized spacial score (nSPS) is 16.3. The minimum Gasteiger partial charge on any atom is -0.459 e. The number of carbonyl (C=O) groups excluding carboxylic acids is 1. The van der Waals surface area contributed by atoms with Crippen LogP contribution in [0.1, 0.15) is 29.6 Å². The van der Waals surface area contributed by atoms with Crippen LogP contribution in [0.15, 0.2) is 28.0 Å². The third-order valence-corrected chi connectivity index (χ3v) is 5.18. The molecule has 0 amide bonds. The highest BCUT2D eigenvalue weighted by molar-refractivity contribution is 7.91. The van der Waals surface area contributed by atoms with Gasteiger partial charge in [0.25, 0.3) is 0 Å². The fourth-order valence-electron chi connectivity index (χ4n) is 1.78. The standard InChI is InChI=1S/C12H15NO6S2/c1-20(15,16)10-5-8(6-11(7-10)21(13,17)18)12(14)19-9-3-2-4-9/h5-7,9H,2-4H2,1H3,(H2,13,17,18). The number of rotatable bonds is 4.